The van der Waals surface area contributed by atoms with Gasteiger partial charge in [0.15, 0.2) is 0 Å². The van der Waals surface area contributed by atoms with E-state index >= 15 is 0 Å². The molecule has 1 fully saturated rings. The third-order valence-corrected chi connectivity index (χ3v) is 3.82. The van der Waals surface area contributed by atoms with Crippen LogP contribution < -0.4 is 5.32 Å². The summed E-state index contributed by atoms with van der Waals surface area (Å²) in [4.78, 5) is 0. The summed E-state index contributed by atoms with van der Waals surface area (Å²) in [6.07, 6.45) is 1.17. The van der Waals surface area contributed by atoms with Crippen LogP contribution in [0.1, 0.15) is 50.3 Å². The molecule has 1 aromatic rings. The molecule has 0 bridgehead atoms. The fourth-order valence-electron chi connectivity index (χ4n) is 2.68. The zero-order valence-corrected chi connectivity index (χ0v) is 11.8. The largest absolute Gasteiger partial charge is 0.381 e. The number of ether oxygens (including phenoxy) is 1. The fourth-order valence-corrected chi connectivity index (χ4v) is 2.68. The Kier molecular flexibility index (Phi) is 4.79. The molecular weight excluding hydrogens is 222 g/mol. The van der Waals surface area contributed by atoms with E-state index in [9.17, 15) is 0 Å². The van der Waals surface area contributed by atoms with Gasteiger partial charge < -0.3 is 10.1 Å². The predicted octanol–water partition coefficient (Wildman–Crippen LogP) is 3.50. The van der Waals surface area contributed by atoms with Crippen LogP contribution in [0.5, 0.6) is 0 Å². The number of hydrogen-bond donors (Lipinski definition) is 1. The smallest absolute Gasteiger partial charge is 0.0513 e. The zero-order valence-electron chi connectivity index (χ0n) is 11.8. The minimum atomic E-state index is 0.443. The van der Waals surface area contributed by atoms with E-state index in [4.69, 9.17) is 4.74 Å². The first-order chi connectivity index (χ1) is 8.72. The van der Waals surface area contributed by atoms with Gasteiger partial charge in [-0.2, -0.15) is 0 Å². The lowest BCUT2D eigenvalue weighted by molar-refractivity contribution is 0.177. The number of hydrogen-bond acceptors (Lipinski definition) is 2. The Balaban J connectivity index is 2.14. The van der Waals surface area contributed by atoms with Gasteiger partial charge in [0, 0.05) is 18.6 Å². The van der Waals surface area contributed by atoms with Crippen LogP contribution in [0.25, 0.3) is 0 Å². The Morgan fingerprint density at radius 1 is 1.22 bits per heavy atom. The molecule has 2 rings (SSSR count). The second-order valence-corrected chi connectivity index (χ2v) is 5.48. The monoisotopic (exact) mass is 247 g/mol. The molecule has 2 nitrogen and oxygen atoms in total. The van der Waals surface area contributed by atoms with Gasteiger partial charge in [-0.25, -0.2) is 0 Å². The maximum absolute atomic E-state index is 5.53. The first-order valence-corrected chi connectivity index (χ1v) is 7.13. The van der Waals surface area contributed by atoms with Gasteiger partial charge in [-0.15, -0.1) is 0 Å². The van der Waals surface area contributed by atoms with E-state index < -0.39 is 0 Å². The lowest BCUT2D eigenvalue weighted by atomic mass is 9.90. The zero-order chi connectivity index (χ0) is 13.0. The average Bonchev–Trinajstić information content (AvgIpc) is 2.90. The molecule has 100 valence electrons. The summed E-state index contributed by atoms with van der Waals surface area (Å²) >= 11 is 0. The molecule has 0 amide bonds. The van der Waals surface area contributed by atoms with Gasteiger partial charge in [-0.1, -0.05) is 45.0 Å². The maximum Gasteiger partial charge on any atom is 0.0513 e. The average molecular weight is 247 g/mol. The van der Waals surface area contributed by atoms with Gasteiger partial charge in [0.05, 0.1) is 6.61 Å². The molecule has 2 unspecified atom stereocenters. The minimum absolute atomic E-state index is 0.443. The standard InChI is InChI=1S/C16H25NO/c1-4-17-16(15-9-10-18-11-15)14-7-5-13(6-8-14)12(2)3/h5-8,12,15-17H,4,9-11H2,1-3H3. The molecule has 0 aromatic heterocycles. The van der Waals surface area contributed by atoms with Crippen LogP contribution in [0.15, 0.2) is 24.3 Å². The number of nitrogens with one attached hydrogen (secondary N) is 1. The van der Waals surface area contributed by atoms with Crippen molar-refractivity contribution < 1.29 is 4.74 Å². The quantitative estimate of drug-likeness (QED) is 0.860. The molecule has 2 atom stereocenters. The predicted molar refractivity (Wildman–Crippen MR) is 75.9 cm³/mol. The van der Waals surface area contributed by atoms with Crippen molar-refractivity contribution in [1.82, 2.24) is 5.32 Å². The van der Waals surface area contributed by atoms with Crippen molar-refractivity contribution in [2.75, 3.05) is 19.8 Å². The highest BCUT2D eigenvalue weighted by Gasteiger charge is 2.26. The van der Waals surface area contributed by atoms with Crippen molar-refractivity contribution in [2.24, 2.45) is 5.92 Å². The van der Waals surface area contributed by atoms with E-state index in [-0.39, 0.29) is 0 Å². The highest BCUT2D eigenvalue weighted by atomic mass is 16.5. The van der Waals surface area contributed by atoms with E-state index in [1.807, 2.05) is 0 Å². The van der Waals surface area contributed by atoms with Crippen LogP contribution in [0, 0.1) is 5.92 Å². The summed E-state index contributed by atoms with van der Waals surface area (Å²) in [6.45, 7) is 9.46. The SMILES string of the molecule is CCNC(c1ccc(C(C)C)cc1)C1CCOC1. The molecule has 0 radical (unpaired) electrons. The molecule has 1 aromatic carbocycles. The number of rotatable bonds is 5. The van der Waals surface area contributed by atoms with Crippen LogP contribution in [0.2, 0.25) is 0 Å². The van der Waals surface area contributed by atoms with E-state index in [2.05, 4.69) is 50.4 Å². The molecular formula is C16H25NO. The first-order valence-electron chi connectivity index (χ1n) is 7.13. The summed E-state index contributed by atoms with van der Waals surface area (Å²) in [5, 5.41) is 3.61. The van der Waals surface area contributed by atoms with Gasteiger partial charge in [-0.05, 0) is 30.0 Å². The Labute approximate surface area is 111 Å². The Hall–Kier alpha value is -0.860. The molecule has 1 heterocycles. The van der Waals surface area contributed by atoms with Crippen molar-refractivity contribution in [2.45, 2.75) is 39.2 Å². The molecule has 18 heavy (non-hydrogen) atoms. The highest BCUT2D eigenvalue weighted by molar-refractivity contribution is 5.27. The molecule has 1 aliphatic rings. The molecule has 0 aliphatic carbocycles. The fraction of sp³-hybridized carbons (Fsp3) is 0.625. The van der Waals surface area contributed by atoms with E-state index in [0.717, 1.165) is 19.8 Å². The minimum Gasteiger partial charge on any atom is -0.381 e. The molecule has 1 aliphatic heterocycles. The molecule has 0 spiro atoms. The summed E-state index contributed by atoms with van der Waals surface area (Å²) < 4.78 is 5.53. The summed E-state index contributed by atoms with van der Waals surface area (Å²) in [5.74, 6) is 1.22. The van der Waals surface area contributed by atoms with Crippen LogP contribution >= 0.6 is 0 Å². The van der Waals surface area contributed by atoms with Gasteiger partial charge in [-0.3, -0.25) is 0 Å². The van der Waals surface area contributed by atoms with Gasteiger partial charge in [0.1, 0.15) is 0 Å². The van der Waals surface area contributed by atoms with E-state index in [1.54, 1.807) is 0 Å². The Morgan fingerprint density at radius 2 is 1.89 bits per heavy atom. The third kappa shape index (κ3) is 3.12. The van der Waals surface area contributed by atoms with Crippen molar-refractivity contribution >= 4 is 0 Å². The first kappa shape index (κ1) is 13.6. The van der Waals surface area contributed by atoms with Crippen LogP contribution in [-0.4, -0.2) is 19.8 Å². The highest BCUT2D eigenvalue weighted by Crippen LogP contribution is 2.29. The molecule has 2 heteroatoms. The lowest BCUT2D eigenvalue weighted by Crippen LogP contribution is -2.28. The number of benzene rings is 1. The maximum atomic E-state index is 5.53. The van der Waals surface area contributed by atoms with Crippen LogP contribution in [0.4, 0.5) is 0 Å². The van der Waals surface area contributed by atoms with Gasteiger partial charge in [0.2, 0.25) is 0 Å². The van der Waals surface area contributed by atoms with Crippen molar-refractivity contribution in [1.29, 1.82) is 0 Å². The topological polar surface area (TPSA) is 21.3 Å². The van der Waals surface area contributed by atoms with Crippen molar-refractivity contribution in [3.8, 4) is 0 Å². The normalized spacial score (nSPS) is 21.4. The lowest BCUT2D eigenvalue weighted by Gasteiger charge is -2.24. The molecule has 1 saturated heterocycles. The molecule has 0 saturated carbocycles. The van der Waals surface area contributed by atoms with Crippen LogP contribution in [0.3, 0.4) is 0 Å². The summed E-state index contributed by atoms with van der Waals surface area (Å²) in [5.41, 5.74) is 2.81. The van der Waals surface area contributed by atoms with E-state index in [1.165, 1.54) is 17.5 Å². The van der Waals surface area contributed by atoms with Crippen molar-refractivity contribution in [3.05, 3.63) is 35.4 Å². The summed E-state index contributed by atoms with van der Waals surface area (Å²) in [7, 11) is 0. The van der Waals surface area contributed by atoms with Crippen molar-refractivity contribution in [3.63, 3.8) is 0 Å². The third-order valence-electron chi connectivity index (χ3n) is 3.82. The van der Waals surface area contributed by atoms with Gasteiger partial charge in [0.25, 0.3) is 0 Å². The second-order valence-electron chi connectivity index (χ2n) is 5.48. The van der Waals surface area contributed by atoms with Gasteiger partial charge >= 0.3 is 0 Å². The van der Waals surface area contributed by atoms with Crippen LogP contribution in [-0.2, 0) is 4.74 Å². The van der Waals surface area contributed by atoms with E-state index in [0.29, 0.717) is 17.9 Å². The molecule has 1 N–H and O–H groups in total. The second kappa shape index (κ2) is 6.35. The Morgan fingerprint density at radius 3 is 2.39 bits per heavy atom. The summed E-state index contributed by atoms with van der Waals surface area (Å²) in [6, 6.07) is 9.53. The Bertz CT molecular complexity index is 352.